The van der Waals surface area contributed by atoms with E-state index in [2.05, 4.69) is 22.5 Å². The van der Waals surface area contributed by atoms with Crippen LogP contribution in [0.15, 0.2) is 47.5 Å². The summed E-state index contributed by atoms with van der Waals surface area (Å²) in [6.45, 7) is 4.68. The highest BCUT2D eigenvalue weighted by molar-refractivity contribution is 9.10. The zero-order chi connectivity index (χ0) is 15.4. The van der Waals surface area contributed by atoms with Crippen LogP contribution in [0.4, 0.5) is 0 Å². The lowest BCUT2D eigenvalue weighted by Gasteiger charge is -2.20. The molecule has 1 aromatic heterocycles. The van der Waals surface area contributed by atoms with Gasteiger partial charge in [0.15, 0.2) is 0 Å². The Labute approximate surface area is 146 Å². The number of halogens is 3. The monoisotopic (exact) mass is 403 g/mol. The Balaban J connectivity index is 2.22. The summed E-state index contributed by atoms with van der Waals surface area (Å²) in [4.78, 5) is 15.3. The molecule has 1 heterocycles. The molecule has 0 atom stereocenters. The molecule has 0 saturated heterocycles. The standard InChI is InChI=1S/C15H12BrCl2NOS/c1-2-7-19(9-11-4-6-14(18)21-11)15(20)10-3-5-13(17)12(16)8-10/h2-6,8H,1,7,9H2. The van der Waals surface area contributed by atoms with E-state index in [0.29, 0.717) is 32.5 Å². The van der Waals surface area contributed by atoms with Gasteiger partial charge in [0.25, 0.3) is 5.91 Å². The number of hydrogen-bond acceptors (Lipinski definition) is 2. The third-order valence-corrected chi connectivity index (χ3v) is 5.21. The maximum absolute atomic E-state index is 12.6. The topological polar surface area (TPSA) is 20.3 Å². The summed E-state index contributed by atoms with van der Waals surface area (Å²) in [6, 6.07) is 8.90. The van der Waals surface area contributed by atoms with E-state index in [1.165, 1.54) is 11.3 Å². The molecule has 0 aliphatic heterocycles. The van der Waals surface area contributed by atoms with Crippen LogP contribution in [0.3, 0.4) is 0 Å². The first kappa shape index (κ1) is 16.6. The van der Waals surface area contributed by atoms with E-state index in [1.54, 1.807) is 29.2 Å². The van der Waals surface area contributed by atoms with Crippen LogP contribution in [-0.4, -0.2) is 17.4 Å². The van der Waals surface area contributed by atoms with Gasteiger partial charge in [-0.25, -0.2) is 0 Å². The number of amides is 1. The molecule has 0 fully saturated rings. The average Bonchev–Trinajstić information content (AvgIpc) is 2.86. The van der Waals surface area contributed by atoms with Gasteiger partial charge in [0, 0.05) is 21.5 Å². The Bertz CT molecular complexity index is 671. The van der Waals surface area contributed by atoms with E-state index in [1.807, 2.05) is 12.1 Å². The highest BCUT2D eigenvalue weighted by atomic mass is 79.9. The van der Waals surface area contributed by atoms with Gasteiger partial charge in [-0.05, 0) is 46.3 Å². The molecule has 110 valence electrons. The first-order valence-electron chi connectivity index (χ1n) is 6.10. The molecular formula is C15H12BrCl2NOS. The van der Waals surface area contributed by atoms with Crippen LogP contribution in [0.5, 0.6) is 0 Å². The van der Waals surface area contributed by atoms with Crippen molar-refractivity contribution in [3.05, 3.63) is 67.3 Å². The molecule has 0 unspecified atom stereocenters. The van der Waals surface area contributed by atoms with Gasteiger partial charge in [-0.2, -0.15) is 0 Å². The first-order chi connectivity index (χ1) is 10.0. The number of benzene rings is 1. The Kier molecular flexibility index (Phi) is 5.88. The lowest BCUT2D eigenvalue weighted by Crippen LogP contribution is -2.30. The third kappa shape index (κ3) is 4.33. The second-order valence-electron chi connectivity index (χ2n) is 4.31. The van der Waals surface area contributed by atoms with Crippen molar-refractivity contribution in [2.45, 2.75) is 6.54 Å². The van der Waals surface area contributed by atoms with Crippen molar-refractivity contribution in [3.63, 3.8) is 0 Å². The summed E-state index contributed by atoms with van der Waals surface area (Å²) in [5, 5.41) is 0.576. The van der Waals surface area contributed by atoms with Crippen molar-refractivity contribution < 1.29 is 4.79 Å². The number of carbonyl (C=O) groups is 1. The minimum absolute atomic E-state index is 0.0724. The molecule has 0 spiro atoms. The quantitative estimate of drug-likeness (QED) is 0.590. The molecule has 2 nitrogen and oxygen atoms in total. The molecule has 6 heteroatoms. The summed E-state index contributed by atoms with van der Waals surface area (Å²) in [7, 11) is 0. The minimum atomic E-state index is -0.0724. The zero-order valence-electron chi connectivity index (χ0n) is 11.0. The maximum atomic E-state index is 12.6. The molecule has 0 aliphatic carbocycles. The van der Waals surface area contributed by atoms with E-state index in [9.17, 15) is 4.79 Å². The fourth-order valence-electron chi connectivity index (χ4n) is 1.81. The van der Waals surface area contributed by atoms with Crippen LogP contribution in [0.1, 0.15) is 15.2 Å². The summed E-state index contributed by atoms with van der Waals surface area (Å²) >= 11 is 16.7. The highest BCUT2D eigenvalue weighted by Gasteiger charge is 2.16. The Morgan fingerprint density at radius 2 is 2.10 bits per heavy atom. The van der Waals surface area contributed by atoms with Crippen molar-refractivity contribution in [2.24, 2.45) is 0 Å². The fourth-order valence-corrected chi connectivity index (χ4v) is 3.41. The van der Waals surface area contributed by atoms with Crippen molar-refractivity contribution >= 4 is 56.4 Å². The van der Waals surface area contributed by atoms with Gasteiger partial charge in [0.05, 0.1) is 15.9 Å². The summed E-state index contributed by atoms with van der Waals surface area (Å²) < 4.78 is 1.41. The molecule has 21 heavy (non-hydrogen) atoms. The van der Waals surface area contributed by atoms with E-state index < -0.39 is 0 Å². The van der Waals surface area contributed by atoms with E-state index in [4.69, 9.17) is 23.2 Å². The van der Waals surface area contributed by atoms with Gasteiger partial charge in [-0.15, -0.1) is 17.9 Å². The zero-order valence-corrected chi connectivity index (χ0v) is 14.9. The van der Waals surface area contributed by atoms with Gasteiger partial charge in [-0.3, -0.25) is 4.79 Å². The smallest absolute Gasteiger partial charge is 0.254 e. The lowest BCUT2D eigenvalue weighted by molar-refractivity contribution is 0.0764. The fraction of sp³-hybridized carbons (Fsp3) is 0.133. The van der Waals surface area contributed by atoms with Crippen LogP contribution in [-0.2, 0) is 6.54 Å². The third-order valence-electron chi connectivity index (χ3n) is 2.78. The molecule has 2 rings (SSSR count). The molecule has 1 amide bonds. The van der Waals surface area contributed by atoms with Crippen molar-refractivity contribution in [1.82, 2.24) is 4.90 Å². The predicted molar refractivity (Wildman–Crippen MR) is 93.4 cm³/mol. The summed E-state index contributed by atoms with van der Waals surface area (Å²) in [5.41, 5.74) is 0.579. The van der Waals surface area contributed by atoms with Gasteiger partial charge >= 0.3 is 0 Å². The Morgan fingerprint density at radius 1 is 1.33 bits per heavy atom. The second-order valence-corrected chi connectivity index (χ2v) is 7.37. The normalized spacial score (nSPS) is 10.4. The molecule has 0 aliphatic rings. The Morgan fingerprint density at radius 3 is 2.67 bits per heavy atom. The highest BCUT2D eigenvalue weighted by Crippen LogP contribution is 2.26. The van der Waals surface area contributed by atoms with Gasteiger partial charge < -0.3 is 4.90 Å². The van der Waals surface area contributed by atoms with Crippen LogP contribution in [0.25, 0.3) is 0 Å². The molecule has 0 saturated carbocycles. The first-order valence-corrected chi connectivity index (χ1v) is 8.47. The molecule has 0 radical (unpaired) electrons. The van der Waals surface area contributed by atoms with E-state index in [-0.39, 0.29) is 5.91 Å². The van der Waals surface area contributed by atoms with Gasteiger partial charge in [0.2, 0.25) is 0 Å². The largest absolute Gasteiger partial charge is 0.330 e. The number of thiophene rings is 1. The number of hydrogen-bond donors (Lipinski definition) is 0. The average molecular weight is 405 g/mol. The molecular weight excluding hydrogens is 393 g/mol. The number of rotatable bonds is 5. The van der Waals surface area contributed by atoms with Crippen LogP contribution >= 0.6 is 50.5 Å². The number of nitrogens with zero attached hydrogens (tertiary/aromatic N) is 1. The van der Waals surface area contributed by atoms with Crippen molar-refractivity contribution in [1.29, 1.82) is 0 Å². The summed E-state index contributed by atoms with van der Waals surface area (Å²) in [6.07, 6.45) is 1.71. The Hall–Kier alpha value is -0.810. The second kappa shape index (κ2) is 7.45. The van der Waals surface area contributed by atoms with E-state index >= 15 is 0 Å². The molecule has 2 aromatic rings. The van der Waals surface area contributed by atoms with Crippen LogP contribution in [0, 0.1) is 0 Å². The van der Waals surface area contributed by atoms with Gasteiger partial charge in [-0.1, -0.05) is 29.3 Å². The van der Waals surface area contributed by atoms with Crippen LogP contribution < -0.4 is 0 Å². The number of carbonyl (C=O) groups excluding carboxylic acids is 1. The van der Waals surface area contributed by atoms with Crippen LogP contribution in [0.2, 0.25) is 9.36 Å². The molecule has 1 aromatic carbocycles. The molecule has 0 N–H and O–H groups in total. The van der Waals surface area contributed by atoms with Crippen molar-refractivity contribution in [3.8, 4) is 0 Å². The van der Waals surface area contributed by atoms with Crippen molar-refractivity contribution in [2.75, 3.05) is 6.54 Å². The summed E-state index contributed by atoms with van der Waals surface area (Å²) in [5.74, 6) is -0.0724. The maximum Gasteiger partial charge on any atom is 0.254 e. The predicted octanol–water partition coefficient (Wildman–Crippen LogP) is 5.65. The lowest BCUT2D eigenvalue weighted by atomic mass is 10.2. The molecule has 0 bridgehead atoms. The minimum Gasteiger partial charge on any atom is -0.330 e. The van der Waals surface area contributed by atoms with E-state index in [0.717, 1.165) is 4.88 Å². The SMILES string of the molecule is C=CCN(Cc1ccc(Cl)s1)C(=O)c1ccc(Cl)c(Br)c1. The van der Waals surface area contributed by atoms with Gasteiger partial charge in [0.1, 0.15) is 0 Å².